The van der Waals surface area contributed by atoms with Gasteiger partial charge in [0.2, 0.25) is 0 Å². The average molecular weight is 431 g/mol. The van der Waals surface area contributed by atoms with Crippen LogP contribution in [0.2, 0.25) is 0 Å². The third-order valence-corrected chi connectivity index (χ3v) is 7.05. The third kappa shape index (κ3) is 4.48. The highest BCUT2D eigenvalue weighted by Crippen LogP contribution is 2.36. The maximum atomic E-state index is 13.3. The van der Waals surface area contributed by atoms with E-state index < -0.39 is 28.5 Å². The quantitative estimate of drug-likeness (QED) is 0.682. The van der Waals surface area contributed by atoms with Crippen molar-refractivity contribution >= 4 is 27.6 Å². The molecule has 160 valence electrons. The Morgan fingerprint density at radius 3 is 2.67 bits per heavy atom. The van der Waals surface area contributed by atoms with Crippen LogP contribution in [0.3, 0.4) is 0 Å². The fourth-order valence-corrected chi connectivity index (χ4v) is 5.17. The van der Waals surface area contributed by atoms with Gasteiger partial charge in [-0.1, -0.05) is 31.2 Å². The van der Waals surface area contributed by atoms with Gasteiger partial charge in [-0.2, -0.15) is 0 Å². The summed E-state index contributed by atoms with van der Waals surface area (Å²) in [5.74, 6) is -1.15. The number of fused-ring (bicyclic) bond motifs is 1. The monoisotopic (exact) mass is 430 g/mol. The molecule has 8 heteroatoms. The van der Waals surface area contributed by atoms with E-state index >= 15 is 0 Å². The van der Waals surface area contributed by atoms with Gasteiger partial charge in [0.15, 0.2) is 6.61 Å². The van der Waals surface area contributed by atoms with Gasteiger partial charge in [-0.25, -0.2) is 13.2 Å². The van der Waals surface area contributed by atoms with Gasteiger partial charge in [0, 0.05) is 12.1 Å². The van der Waals surface area contributed by atoms with E-state index in [1.54, 1.807) is 12.1 Å². The van der Waals surface area contributed by atoms with Crippen molar-refractivity contribution in [2.75, 3.05) is 10.9 Å². The van der Waals surface area contributed by atoms with Gasteiger partial charge in [0.25, 0.3) is 15.9 Å². The van der Waals surface area contributed by atoms with Gasteiger partial charge >= 0.3 is 5.97 Å². The number of hydrogen-bond acceptors (Lipinski definition) is 5. The van der Waals surface area contributed by atoms with Crippen molar-refractivity contribution in [1.82, 2.24) is 5.32 Å². The second-order valence-corrected chi connectivity index (χ2v) is 9.28. The predicted molar refractivity (Wildman–Crippen MR) is 114 cm³/mol. The summed E-state index contributed by atoms with van der Waals surface area (Å²) in [6.45, 7) is 5.22. The van der Waals surface area contributed by atoms with Crippen LogP contribution in [0, 0.1) is 0 Å². The lowest BCUT2D eigenvalue weighted by atomic mass is 10.1. The molecule has 1 aliphatic heterocycles. The molecule has 0 spiro atoms. The molecule has 0 saturated carbocycles. The maximum absolute atomic E-state index is 13.3. The zero-order chi connectivity index (χ0) is 21.9. The number of rotatable bonds is 7. The van der Waals surface area contributed by atoms with Gasteiger partial charge < -0.3 is 10.1 Å². The lowest BCUT2D eigenvalue weighted by Crippen LogP contribution is -2.36. The molecule has 0 unspecified atom stereocenters. The van der Waals surface area contributed by atoms with Gasteiger partial charge in [-0.05, 0) is 56.5 Å². The molecule has 0 aliphatic carbocycles. The van der Waals surface area contributed by atoms with E-state index in [1.807, 2.05) is 32.9 Å². The molecule has 3 rings (SSSR count). The van der Waals surface area contributed by atoms with Crippen LogP contribution in [-0.2, 0) is 26.0 Å². The molecule has 0 saturated heterocycles. The van der Waals surface area contributed by atoms with E-state index in [4.69, 9.17) is 4.74 Å². The molecule has 2 aromatic carbocycles. The van der Waals surface area contributed by atoms with Crippen molar-refractivity contribution in [1.29, 1.82) is 0 Å². The molecule has 0 bridgehead atoms. The summed E-state index contributed by atoms with van der Waals surface area (Å²) in [6.07, 6.45) is 1.39. The van der Waals surface area contributed by atoms with Crippen LogP contribution >= 0.6 is 0 Å². The van der Waals surface area contributed by atoms with Crippen LogP contribution < -0.4 is 9.62 Å². The molecule has 2 atom stereocenters. The maximum Gasteiger partial charge on any atom is 0.338 e. The smallest absolute Gasteiger partial charge is 0.338 e. The molecular formula is C22H26N2O5S. The van der Waals surface area contributed by atoms with Crippen LogP contribution in [0.15, 0.2) is 53.4 Å². The van der Waals surface area contributed by atoms with E-state index in [0.717, 1.165) is 12.0 Å². The van der Waals surface area contributed by atoms with Crippen molar-refractivity contribution in [3.05, 3.63) is 59.7 Å². The summed E-state index contributed by atoms with van der Waals surface area (Å²) in [7, 11) is -3.86. The fourth-order valence-electron chi connectivity index (χ4n) is 3.43. The summed E-state index contributed by atoms with van der Waals surface area (Å²) >= 11 is 0. The molecule has 0 fully saturated rings. The first-order valence-corrected chi connectivity index (χ1v) is 11.4. The van der Waals surface area contributed by atoms with Crippen LogP contribution in [0.25, 0.3) is 0 Å². The lowest BCUT2D eigenvalue weighted by Gasteiger charge is -2.24. The van der Waals surface area contributed by atoms with Crippen molar-refractivity contribution < 1.29 is 22.7 Å². The highest BCUT2D eigenvalue weighted by atomic mass is 32.2. The Morgan fingerprint density at radius 1 is 1.20 bits per heavy atom. The Morgan fingerprint density at radius 2 is 1.93 bits per heavy atom. The molecule has 1 N–H and O–H groups in total. The number of anilines is 1. The van der Waals surface area contributed by atoms with Crippen LogP contribution in [-0.4, -0.2) is 39.0 Å². The van der Waals surface area contributed by atoms with E-state index in [-0.39, 0.29) is 22.5 Å². The first kappa shape index (κ1) is 21.8. The number of carbonyl (C=O) groups excluding carboxylic acids is 2. The van der Waals surface area contributed by atoms with Gasteiger partial charge in [-0.3, -0.25) is 9.10 Å². The number of esters is 1. The van der Waals surface area contributed by atoms with Crippen LogP contribution in [0.1, 0.15) is 43.1 Å². The molecule has 1 heterocycles. The van der Waals surface area contributed by atoms with E-state index in [9.17, 15) is 18.0 Å². The molecule has 0 aromatic heterocycles. The first-order valence-electron chi connectivity index (χ1n) is 9.93. The van der Waals surface area contributed by atoms with E-state index in [2.05, 4.69) is 5.32 Å². The summed E-state index contributed by atoms with van der Waals surface area (Å²) < 4.78 is 33.1. The predicted octanol–water partition coefficient (Wildman–Crippen LogP) is 2.90. The number of para-hydroxylation sites is 1. The zero-order valence-electron chi connectivity index (χ0n) is 17.3. The van der Waals surface area contributed by atoms with Crippen molar-refractivity contribution in [3.8, 4) is 0 Å². The average Bonchev–Trinajstić information content (AvgIpc) is 3.08. The summed E-state index contributed by atoms with van der Waals surface area (Å²) in [4.78, 5) is 24.2. The normalized spacial score (nSPS) is 16.6. The van der Waals surface area contributed by atoms with Gasteiger partial charge in [0.1, 0.15) is 0 Å². The molecule has 2 aromatic rings. The Kier molecular flexibility index (Phi) is 6.45. The van der Waals surface area contributed by atoms with Crippen LogP contribution in [0.5, 0.6) is 0 Å². The topological polar surface area (TPSA) is 92.8 Å². The highest BCUT2D eigenvalue weighted by molar-refractivity contribution is 7.92. The zero-order valence-corrected chi connectivity index (χ0v) is 18.1. The second-order valence-electron chi connectivity index (χ2n) is 7.46. The standard InChI is InChI=1S/C22H26N2O5S/c1-4-15(2)23-21(25)14-29-22(26)18-9-7-10-19(13-18)30(27,28)24-16(3)12-17-8-5-6-11-20(17)24/h5-11,13,15-16H,4,12,14H2,1-3H3,(H,23,25)/t15-,16+/m0/s1. The van der Waals surface area contributed by atoms with Crippen LogP contribution in [0.4, 0.5) is 5.69 Å². The van der Waals surface area contributed by atoms with Gasteiger partial charge in [0.05, 0.1) is 16.1 Å². The van der Waals surface area contributed by atoms with Crippen molar-refractivity contribution in [3.63, 3.8) is 0 Å². The number of carbonyl (C=O) groups is 2. The highest BCUT2D eigenvalue weighted by Gasteiger charge is 2.36. The fraction of sp³-hybridized carbons (Fsp3) is 0.364. The minimum absolute atomic E-state index is 0.00422. The SMILES string of the molecule is CC[C@H](C)NC(=O)COC(=O)c1cccc(S(=O)(=O)N2c3ccccc3C[C@H]2C)c1. The molecular weight excluding hydrogens is 404 g/mol. The Labute approximate surface area is 177 Å². The van der Waals surface area contributed by atoms with Crippen molar-refractivity contribution in [2.45, 2.75) is 50.6 Å². The molecule has 30 heavy (non-hydrogen) atoms. The van der Waals surface area contributed by atoms with Gasteiger partial charge in [-0.15, -0.1) is 0 Å². The lowest BCUT2D eigenvalue weighted by molar-refractivity contribution is -0.124. The summed E-state index contributed by atoms with van der Waals surface area (Å²) in [6, 6.07) is 12.8. The number of nitrogens with zero attached hydrogens (tertiary/aromatic N) is 1. The first-order chi connectivity index (χ1) is 14.2. The number of nitrogens with one attached hydrogen (secondary N) is 1. The molecule has 7 nitrogen and oxygen atoms in total. The Bertz CT molecular complexity index is 1050. The molecule has 1 aliphatic rings. The minimum Gasteiger partial charge on any atom is -0.452 e. The molecule has 1 amide bonds. The summed E-state index contributed by atoms with van der Waals surface area (Å²) in [5, 5.41) is 2.70. The number of hydrogen-bond donors (Lipinski definition) is 1. The minimum atomic E-state index is -3.86. The van der Waals surface area contributed by atoms with Crippen molar-refractivity contribution in [2.24, 2.45) is 0 Å². The summed E-state index contributed by atoms with van der Waals surface area (Å²) in [5.41, 5.74) is 1.70. The largest absolute Gasteiger partial charge is 0.452 e. The Hall–Kier alpha value is -2.87. The van der Waals surface area contributed by atoms with E-state index in [0.29, 0.717) is 12.1 Å². The second kappa shape index (κ2) is 8.87. The molecule has 0 radical (unpaired) electrons. The number of amides is 1. The number of benzene rings is 2. The Balaban J connectivity index is 1.78. The third-order valence-electron chi connectivity index (χ3n) is 5.13. The van der Waals surface area contributed by atoms with E-state index in [1.165, 1.54) is 28.6 Å². The number of sulfonamides is 1. The number of ether oxygens (including phenoxy) is 1.